The molecule has 0 aliphatic heterocycles. The van der Waals surface area contributed by atoms with E-state index in [0.29, 0.717) is 5.92 Å². The van der Waals surface area contributed by atoms with Gasteiger partial charge in [-0.3, -0.25) is 4.99 Å². The van der Waals surface area contributed by atoms with Gasteiger partial charge in [0.2, 0.25) is 0 Å². The third-order valence-electron chi connectivity index (χ3n) is 1.35. The minimum absolute atomic E-state index is 0.576. The molecule has 0 spiro atoms. The van der Waals surface area contributed by atoms with Crippen LogP contribution >= 0.6 is 11.8 Å². The molecule has 0 saturated carbocycles. The van der Waals surface area contributed by atoms with E-state index in [2.05, 4.69) is 32.1 Å². The zero-order valence-electron chi connectivity index (χ0n) is 7.21. The van der Waals surface area contributed by atoms with Crippen LogP contribution < -0.4 is 0 Å². The molecule has 11 heavy (non-hydrogen) atoms. The third-order valence-corrected chi connectivity index (χ3v) is 2.20. The molecule has 0 saturated heterocycles. The molecule has 0 aliphatic rings. The molecule has 0 fully saturated rings. The molecule has 62 valence electrons. The Bertz CT molecular complexity index is 159. The van der Waals surface area contributed by atoms with Gasteiger partial charge in [-0.05, 0) is 18.0 Å². The second kappa shape index (κ2) is 6.23. The normalized spacial score (nSPS) is 10.8. The van der Waals surface area contributed by atoms with Gasteiger partial charge in [-0.25, -0.2) is 0 Å². The first-order chi connectivity index (χ1) is 5.18. The summed E-state index contributed by atoms with van der Waals surface area (Å²) in [5, 5.41) is 1.93. The Labute approximate surface area is 73.3 Å². The second-order valence-electron chi connectivity index (χ2n) is 2.59. The summed E-state index contributed by atoms with van der Waals surface area (Å²) in [4.78, 5) is 3.60. The molecule has 0 unspecified atom stereocenters. The van der Waals surface area contributed by atoms with Crippen molar-refractivity contribution in [2.45, 2.75) is 13.8 Å². The fourth-order valence-corrected chi connectivity index (χ4v) is 1.22. The van der Waals surface area contributed by atoms with Crippen LogP contribution in [0.2, 0.25) is 0 Å². The Kier molecular flexibility index (Phi) is 5.94. The van der Waals surface area contributed by atoms with E-state index in [0.717, 1.165) is 5.75 Å². The summed E-state index contributed by atoms with van der Waals surface area (Å²) in [7, 11) is 0. The van der Waals surface area contributed by atoms with Gasteiger partial charge < -0.3 is 0 Å². The Morgan fingerprint density at radius 1 is 1.64 bits per heavy atom. The van der Waals surface area contributed by atoms with Crippen LogP contribution in [0.1, 0.15) is 13.8 Å². The lowest BCUT2D eigenvalue weighted by Crippen LogP contribution is -1.93. The number of aliphatic imine (C=N–C) groups is 1. The van der Waals surface area contributed by atoms with Crippen molar-refractivity contribution in [1.29, 1.82) is 0 Å². The molecule has 0 amide bonds. The van der Waals surface area contributed by atoms with Gasteiger partial charge in [0, 0.05) is 12.0 Å². The fraction of sp³-hybridized carbons (Fsp3) is 0.444. The average Bonchev–Trinajstić information content (AvgIpc) is 1.97. The van der Waals surface area contributed by atoms with Crippen LogP contribution in [-0.4, -0.2) is 12.5 Å². The quantitative estimate of drug-likeness (QED) is 0.455. The summed E-state index contributed by atoms with van der Waals surface area (Å²) in [6.45, 7) is 11.6. The smallest absolute Gasteiger partial charge is 0.0323 e. The van der Waals surface area contributed by atoms with Crippen molar-refractivity contribution in [2.24, 2.45) is 10.9 Å². The van der Waals surface area contributed by atoms with E-state index in [1.165, 1.54) is 5.57 Å². The van der Waals surface area contributed by atoms with E-state index in [9.17, 15) is 0 Å². The maximum absolute atomic E-state index is 3.95. The molecule has 0 aromatic carbocycles. The average molecular weight is 169 g/mol. The molecule has 1 nitrogen and oxygen atoms in total. The molecule has 0 rings (SSSR count). The molecular weight excluding hydrogens is 154 g/mol. The predicted molar refractivity (Wildman–Crippen MR) is 55.1 cm³/mol. The third kappa shape index (κ3) is 5.92. The van der Waals surface area contributed by atoms with E-state index in [4.69, 9.17) is 0 Å². The van der Waals surface area contributed by atoms with Crippen LogP contribution in [0.3, 0.4) is 0 Å². The van der Waals surface area contributed by atoms with E-state index < -0.39 is 0 Å². The molecule has 0 heterocycles. The molecule has 0 N–H and O–H groups in total. The maximum atomic E-state index is 3.95. The van der Waals surface area contributed by atoms with Crippen molar-refractivity contribution in [1.82, 2.24) is 0 Å². The summed E-state index contributed by atoms with van der Waals surface area (Å²) in [5.41, 5.74) is 1.27. The first-order valence-electron chi connectivity index (χ1n) is 3.58. The first-order valence-corrected chi connectivity index (χ1v) is 4.63. The van der Waals surface area contributed by atoms with E-state index in [1.807, 2.05) is 5.41 Å². The van der Waals surface area contributed by atoms with Gasteiger partial charge in [-0.1, -0.05) is 26.0 Å². The summed E-state index contributed by atoms with van der Waals surface area (Å²) < 4.78 is 0. The Hall–Kier alpha value is -0.500. The van der Waals surface area contributed by atoms with Crippen LogP contribution in [0, 0.1) is 5.92 Å². The van der Waals surface area contributed by atoms with Gasteiger partial charge in [-0.15, -0.1) is 11.8 Å². The number of rotatable bonds is 5. The van der Waals surface area contributed by atoms with Gasteiger partial charge in [0.25, 0.3) is 0 Å². The topological polar surface area (TPSA) is 12.4 Å². The molecule has 0 aromatic rings. The Balaban J connectivity index is 3.46. The number of nitrogens with zero attached hydrogens (tertiary/aromatic N) is 1. The van der Waals surface area contributed by atoms with Crippen LogP contribution in [0.15, 0.2) is 28.8 Å². The number of hydrogen-bond donors (Lipinski definition) is 0. The van der Waals surface area contributed by atoms with Crippen molar-refractivity contribution in [3.8, 4) is 0 Å². The monoisotopic (exact) mass is 169 g/mol. The molecule has 0 radical (unpaired) electrons. The highest BCUT2D eigenvalue weighted by molar-refractivity contribution is 8.02. The van der Waals surface area contributed by atoms with Crippen molar-refractivity contribution >= 4 is 18.5 Å². The molecule has 0 bridgehead atoms. The van der Waals surface area contributed by atoms with Crippen LogP contribution in [0.5, 0.6) is 0 Å². The lowest BCUT2D eigenvalue weighted by atomic mass is 10.1. The molecular formula is C9H15NS. The Morgan fingerprint density at radius 2 is 2.27 bits per heavy atom. The highest BCUT2D eigenvalue weighted by Gasteiger charge is 1.97. The standard InChI is InChI=1S/C9H15NS/c1-8(2)9(3)7-11-6-5-10-4/h5-6,8H,3-4,7H2,1-2H3/b6-5-. The van der Waals surface area contributed by atoms with E-state index >= 15 is 0 Å². The molecule has 2 heteroatoms. The van der Waals surface area contributed by atoms with Crippen molar-refractivity contribution in [2.75, 3.05) is 5.75 Å². The number of thioether (sulfide) groups is 1. The van der Waals surface area contributed by atoms with Gasteiger partial charge in [-0.2, -0.15) is 0 Å². The molecule has 0 atom stereocenters. The van der Waals surface area contributed by atoms with E-state index in [1.54, 1.807) is 18.0 Å². The lowest BCUT2D eigenvalue weighted by molar-refractivity contribution is 0.777. The largest absolute Gasteiger partial charge is 0.272 e. The van der Waals surface area contributed by atoms with E-state index in [-0.39, 0.29) is 0 Å². The summed E-state index contributed by atoms with van der Waals surface area (Å²) in [5.74, 6) is 1.55. The SMILES string of the molecule is C=N/C=C\SCC(=C)C(C)C. The summed E-state index contributed by atoms with van der Waals surface area (Å²) in [6.07, 6.45) is 1.69. The number of hydrogen-bond acceptors (Lipinski definition) is 2. The zero-order chi connectivity index (χ0) is 8.69. The van der Waals surface area contributed by atoms with Crippen molar-refractivity contribution < 1.29 is 0 Å². The highest BCUT2D eigenvalue weighted by atomic mass is 32.2. The van der Waals surface area contributed by atoms with Gasteiger partial charge in [0.15, 0.2) is 0 Å². The summed E-state index contributed by atoms with van der Waals surface area (Å²) in [6, 6.07) is 0. The second-order valence-corrected chi connectivity index (χ2v) is 3.49. The van der Waals surface area contributed by atoms with Gasteiger partial charge in [0.05, 0.1) is 0 Å². The van der Waals surface area contributed by atoms with Crippen LogP contribution in [-0.2, 0) is 0 Å². The predicted octanol–water partition coefficient (Wildman–Crippen LogP) is 3.10. The van der Waals surface area contributed by atoms with Crippen molar-refractivity contribution in [3.05, 3.63) is 23.8 Å². The fourth-order valence-electron chi connectivity index (χ4n) is 0.408. The first kappa shape index (κ1) is 10.5. The lowest BCUT2D eigenvalue weighted by Gasteiger charge is -2.05. The Morgan fingerprint density at radius 3 is 2.73 bits per heavy atom. The minimum Gasteiger partial charge on any atom is -0.272 e. The van der Waals surface area contributed by atoms with Crippen molar-refractivity contribution in [3.63, 3.8) is 0 Å². The zero-order valence-corrected chi connectivity index (χ0v) is 8.03. The van der Waals surface area contributed by atoms with Crippen LogP contribution in [0.25, 0.3) is 0 Å². The maximum Gasteiger partial charge on any atom is 0.0323 e. The minimum atomic E-state index is 0.576. The van der Waals surface area contributed by atoms with Crippen LogP contribution in [0.4, 0.5) is 0 Å². The summed E-state index contributed by atoms with van der Waals surface area (Å²) >= 11 is 1.70. The van der Waals surface area contributed by atoms with Gasteiger partial charge in [0.1, 0.15) is 0 Å². The van der Waals surface area contributed by atoms with Gasteiger partial charge >= 0.3 is 0 Å². The highest BCUT2D eigenvalue weighted by Crippen LogP contribution is 2.14. The molecule has 0 aliphatic carbocycles. The molecule has 0 aromatic heterocycles.